The molecule has 0 saturated carbocycles. The van der Waals surface area contributed by atoms with Gasteiger partial charge in [0, 0.05) is 18.7 Å². The first-order valence-electron chi connectivity index (χ1n) is 10.8. The summed E-state index contributed by atoms with van der Waals surface area (Å²) < 4.78 is 4.35. The van der Waals surface area contributed by atoms with E-state index in [0.717, 1.165) is 30.8 Å². The van der Waals surface area contributed by atoms with E-state index < -0.39 is 12.5 Å². The first-order chi connectivity index (χ1) is 15.4. The predicted molar refractivity (Wildman–Crippen MR) is 118 cm³/mol. The predicted octanol–water partition coefficient (Wildman–Crippen LogP) is 1.14. The van der Waals surface area contributed by atoms with Crippen LogP contribution in [0.5, 0.6) is 0 Å². The van der Waals surface area contributed by atoms with Gasteiger partial charge in [0.1, 0.15) is 18.8 Å². The Labute approximate surface area is 187 Å². The SMILES string of the molecule is COC(=O)CCc1ccc([N+]2(CC(=O)[O-])CCN(c3ccc4c(c3)CCNC4)C2=O)cc1. The Hall–Kier alpha value is -3.23. The van der Waals surface area contributed by atoms with Crippen LogP contribution in [0.15, 0.2) is 42.5 Å². The van der Waals surface area contributed by atoms with Gasteiger partial charge in [0.15, 0.2) is 0 Å². The number of hydrogen-bond donors (Lipinski definition) is 1. The second-order valence-electron chi connectivity index (χ2n) is 8.28. The van der Waals surface area contributed by atoms with E-state index >= 15 is 0 Å². The normalized spacial score (nSPS) is 20.2. The Morgan fingerprint density at radius 1 is 1.16 bits per heavy atom. The smallest absolute Gasteiger partial charge is 0.429 e. The van der Waals surface area contributed by atoms with Crippen LogP contribution in [0, 0.1) is 0 Å². The average molecular weight is 437 g/mol. The monoisotopic (exact) mass is 437 g/mol. The summed E-state index contributed by atoms with van der Waals surface area (Å²) in [6, 6.07) is 12.9. The number of aryl methyl sites for hydroxylation is 1. The molecule has 0 aliphatic carbocycles. The lowest BCUT2D eigenvalue weighted by Crippen LogP contribution is -2.57. The number of esters is 1. The number of nitrogens with one attached hydrogen (secondary N) is 1. The fourth-order valence-electron chi connectivity index (χ4n) is 4.56. The van der Waals surface area contributed by atoms with Gasteiger partial charge in [-0.2, -0.15) is 0 Å². The number of carbonyl (C=O) groups is 3. The third-order valence-corrected chi connectivity index (χ3v) is 6.37. The van der Waals surface area contributed by atoms with Gasteiger partial charge in [0.25, 0.3) is 0 Å². The summed E-state index contributed by atoms with van der Waals surface area (Å²) in [5, 5.41) is 15.0. The number of rotatable bonds is 7. The van der Waals surface area contributed by atoms with Crippen LogP contribution in [0.25, 0.3) is 0 Å². The van der Waals surface area contributed by atoms with Gasteiger partial charge in [-0.05, 0) is 60.3 Å². The van der Waals surface area contributed by atoms with Crippen LogP contribution in [0.4, 0.5) is 16.2 Å². The van der Waals surface area contributed by atoms with Crippen molar-refractivity contribution in [2.24, 2.45) is 0 Å². The summed E-state index contributed by atoms with van der Waals surface area (Å²) in [6.07, 6.45) is 1.67. The standard InChI is InChI=1S/C24H27N3O5/c1-32-23(30)9-4-17-2-7-21(8-3-17)27(16-22(28)29)13-12-26(24(27)31)20-6-5-19-15-25-11-10-18(19)14-20/h2-3,5-8,14,25H,4,9-13,15-16H2,1H3. The minimum absolute atomic E-state index is 0.259. The Kier molecular flexibility index (Phi) is 6.25. The number of fused-ring (bicyclic) bond motifs is 1. The number of benzene rings is 2. The van der Waals surface area contributed by atoms with Crippen LogP contribution in [-0.2, 0) is 33.7 Å². The molecular formula is C24H27N3O5. The van der Waals surface area contributed by atoms with Crippen molar-refractivity contribution in [1.82, 2.24) is 9.80 Å². The molecule has 32 heavy (non-hydrogen) atoms. The van der Waals surface area contributed by atoms with E-state index in [2.05, 4.69) is 10.1 Å². The summed E-state index contributed by atoms with van der Waals surface area (Å²) in [6.45, 7) is 2.06. The van der Waals surface area contributed by atoms with Crippen molar-refractivity contribution in [1.29, 1.82) is 0 Å². The maximum Gasteiger partial charge on any atom is 0.429 e. The van der Waals surface area contributed by atoms with Gasteiger partial charge in [-0.25, -0.2) is 9.28 Å². The topological polar surface area (TPSA) is 98.8 Å². The van der Waals surface area contributed by atoms with E-state index in [1.807, 2.05) is 30.3 Å². The van der Waals surface area contributed by atoms with Crippen molar-refractivity contribution in [3.05, 3.63) is 59.2 Å². The lowest BCUT2D eigenvalue weighted by Gasteiger charge is -2.31. The van der Waals surface area contributed by atoms with Crippen molar-refractivity contribution in [2.75, 3.05) is 38.2 Å². The molecule has 0 radical (unpaired) electrons. The number of carbonyl (C=O) groups excluding carboxylic acids is 3. The van der Waals surface area contributed by atoms with E-state index in [1.165, 1.54) is 18.2 Å². The zero-order chi connectivity index (χ0) is 22.7. The molecule has 8 nitrogen and oxygen atoms in total. The zero-order valence-electron chi connectivity index (χ0n) is 18.1. The van der Waals surface area contributed by atoms with Crippen molar-refractivity contribution in [3.8, 4) is 0 Å². The Morgan fingerprint density at radius 2 is 1.94 bits per heavy atom. The fraction of sp³-hybridized carbons (Fsp3) is 0.375. The number of ether oxygens (including phenoxy) is 1. The number of hydrogen-bond acceptors (Lipinski definition) is 6. The molecule has 4 rings (SSSR count). The second-order valence-corrected chi connectivity index (χ2v) is 8.28. The quantitative estimate of drug-likeness (QED) is 0.515. The van der Waals surface area contributed by atoms with Gasteiger partial charge in [0.05, 0.1) is 19.6 Å². The molecule has 1 unspecified atom stereocenters. The molecule has 1 saturated heterocycles. The molecule has 2 aromatic carbocycles. The van der Waals surface area contributed by atoms with Gasteiger partial charge >= 0.3 is 12.0 Å². The molecular weight excluding hydrogens is 410 g/mol. The van der Waals surface area contributed by atoms with Gasteiger partial charge in [-0.1, -0.05) is 18.2 Å². The minimum Gasteiger partial charge on any atom is -0.544 e. The second kappa shape index (κ2) is 9.10. The zero-order valence-corrected chi connectivity index (χ0v) is 18.1. The van der Waals surface area contributed by atoms with E-state index in [-0.39, 0.29) is 22.9 Å². The van der Waals surface area contributed by atoms with Gasteiger partial charge < -0.3 is 20.0 Å². The lowest BCUT2D eigenvalue weighted by molar-refractivity contribution is -0.305. The van der Waals surface area contributed by atoms with Crippen LogP contribution in [-0.4, -0.2) is 51.3 Å². The Balaban J connectivity index is 1.60. The molecule has 2 amide bonds. The number of carboxylic acids is 1. The third-order valence-electron chi connectivity index (χ3n) is 6.37. The summed E-state index contributed by atoms with van der Waals surface area (Å²) in [5.41, 5.74) is 4.76. The maximum atomic E-state index is 13.6. The van der Waals surface area contributed by atoms with Crippen molar-refractivity contribution in [2.45, 2.75) is 25.8 Å². The van der Waals surface area contributed by atoms with Crippen molar-refractivity contribution >= 4 is 29.3 Å². The summed E-state index contributed by atoms with van der Waals surface area (Å²) in [7, 11) is 1.35. The lowest BCUT2D eigenvalue weighted by atomic mass is 10.0. The molecule has 2 heterocycles. The van der Waals surface area contributed by atoms with Gasteiger partial charge in [-0.3, -0.25) is 9.69 Å². The highest BCUT2D eigenvalue weighted by Crippen LogP contribution is 2.33. The van der Waals surface area contributed by atoms with Crippen LogP contribution in [0.3, 0.4) is 0 Å². The van der Waals surface area contributed by atoms with Crippen LogP contribution in [0.2, 0.25) is 0 Å². The molecule has 0 spiro atoms. The molecule has 1 fully saturated rings. The number of nitrogens with zero attached hydrogens (tertiary/aromatic N) is 2. The van der Waals surface area contributed by atoms with E-state index in [4.69, 9.17) is 0 Å². The first-order valence-corrected chi connectivity index (χ1v) is 10.8. The molecule has 0 aromatic heterocycles. The number of carboxylic acid groups (broad SMARTS) is 1. The van der Waals surface area contributed by atoms with Crippen LogP contribution in [0.1, 0.15) is 23.1 Å². The molecule has 168 valence electrons. The number of quaternary nitrogens is 1. The van der Waals surface area contributed by atoms with Crippen LogP contribution >= 0.6 is 0 Å². The van der Waals surface area contributed by atoms with Crippen molar-refractivity contribution < 1.29 is 24.2 Å². The van der Waals surface area contributed by atoms with E-state index in [0.29, 0.717) is 25.2 Å². The highest BCUT2D eigenvalue weighted by molar-refractivity contribution is 6.04. The molecule has 8 heteroatoms. The molecule has 1 N–H and O–H groups in total. The molecule has 2 aromatic rings. The van der Waals surface area contributed by atoms with Gasteiger partial charge in [-0.15, -0.1) is 0 Å². The Morgan fingerprint density at radius 3 is 2.66 bits per heavy atom. The fourth-order valence-corrected chi connectivity index (χ4v) is 4.56. The summed E-state index contributed by atoms with van der Waals surface area (Å²) in [4.78, 5) is 38.3. The number of aliphatic carboxylic acids is 1. The van der Waals surface area contributed by atoms with E-state index in [9.17, 15) is 19.5 Å². The largest absolute Gasteiger partial charge is 0.544 e. The van der Waals surface area contributed by atoms with Crippen molar-refractivity contribution in [3.63, 3.8) is 0 Å². The highest BCUT2D eigenvalue weighted by Gasteiger charge is 2.49. The Bertz CT molecular complexity index is 1040. The summed E-state index contributed by atoms with van der Waals surface area (Å²) >= 11 is 0. The molecule has 1 atom stereocenters. The molecule has 2 aliphatic heterocycles. The van der Waals surface area contributed by atoms with Crippen LogP contribution < -0.4 is 19.8 Å². The average Bonchev–Trinajstić information content (AvgIpc) is 3.13. The molecule has 2 aliphatic rings. The number of anilines is 1. The first kappa shape index (κ1) is 22.0. The maximum absolute atomic E-state index is 13.6. The summed E-state index contributed by atoms with van der Waals surface area (Å²) in [5.74, 6) is -1.56. The number of methoxy groups -OCH3 is 1. The minimum atomic E-state index is -1.27. The van der Waals surface area contributed by atoms with Gasteiger partial charge in [0.2, 0.25) is 0 Å². The number of urea groups is 1. The third kappa shape index (κ3) is 4.24. The van der Waals surface area contributed by atoms with E-state index in [1.54, 1.807) is 17.0 Å². The highest BCUT2D eigenvalue weighted by atomic mass is 16.5. The number of amides is 2. The molecule has 0 bridgehead atoms.